The normalized spacial score (nSPS) is 17.3. The Morgan fingerprint density at radius 1 is 1.07 bits per heavy atom. The van der Waals surface area contributed by atoms with Gasteiger partial charge in [-0.25, -0.2) is 22.9 Å². The van der Waals surface area contributed by atoms with Crippen molar-refractivity contribution in [2.24, 2.45) is 0 Å². The molecule has 13 heteroatoms. The van der Waals surface area contributed by atoms with Gasteiger partial charge < -0.3 is 20.7 Å². The maximum Gasteiger partial charge on any atom is 0.407 e. The van der Waals surface area contributed by atoms with E-state index >= 15 is 0 Å². The fraction of sp³-hybridized carbons (Fsp3) is 0.484. The van der Waals surface area contributed by atoms with Crippen LogP contribution >= 0.6 is 11.3 Å². The van der Waals surface area contributed by atoms with Crippen LogP contribution in [0.5, 0.6) is 0 Å². The average Bonchev–Trinajstić information content (AvgIpc) is 3.42. The Bertz CT molecular complexity index is 1530. The number of rotatable bonds is 11. The number of thiazole rings is 1. The number of carbonyl (C=O) groups is 2. The van der Waals surface area contributed by atoms with Gasteiger partial charge in [0.2, 0.25) is 15.9 Å². The molecule has 1 fully saturated rings. The first-order valence-corrected chi connectivity index (χ1v) is 17.1. The van der Waals surface area contributed by atoms with Gasteiger partial charge in [-0.05, 0) is 90.1 Å². The molecule has 0 unspecified atom stereocenters. The number of alkyl carbamates (subject to hydrolysis) is 1. The lowest BCUT2D eigenvalue weighted by molar-refractivity contribution is -0.115. The van der Waals surface area contributed by atoms with Gasteiger partial charge >= 0.3 is 6.09 Å². The first-order chi connectivity index (χ1) is 20.8. The van der Waals surface area contributed by atoms with Gasteiger partial charge in [0.15, 0.2) is 0 Å². The highest BCUT2D eigenvalue weighted by molar-refractivity contribution is 7.89. The highest BCUT2D eigenvalue weighted by Gasteiger charge is 2.29. The summed E-state index contributed by atoms with van der Waals surface area (Å²) in [5.74, 6) is -0.0690. The molecule has 44 heavy (non-hydrogen) atoms. The van der Waals surface area contributed by atoms with E-state index in [1.54, 1.807) is 51.5 Å². The number of benzene rings is 1. The van der Waals surface area contributed by atoms with Crippen molar-refractivity contribution < 1.29 is 22.7 Å². The summed E-state index contributed by atoms with van der Waals surface area (Å²) in [5, 5.41) is 9.78. The molecular weight excluding hydrogens is 601 g/mol. The number of sulfonamides is 1. The smallest absolute Gasteiger partial charge is 0.407 e. The first-order valence-electron chi connectivity index (χ1n) is 14.8. The summed E-state index contributed by atoms with van der Waals surface area (Å²) in [6.07, 6.45) is 7.88. The summed E-state index contributed by atoms with van der Waals surface area (Å²) >= 11 is 1.48. The van der Waals surface area contributed by atoms with E-state index in [4.69, 9.17) is 4.74 Å². The van der Waals surface area contributed by atoms with Crippen LogP contribution in [0.3, 0.4) is 0 Å². The number of amides is 2. The quantitative estimate of drug-likeness (QED) is 0.224. The minimum atomic E-state index is -3.95. The zero-order chi connectivity index (χ0) is 31.9. The molecule has 0 radical (unpaired) electrons. The molecule has 1 aliphatic carbocycles. The number of nitrogens with one attached hydrogen (secondary N) is 4. The first kappa shape index (κ1) is 33.5. The topological polar surface area (TPSA) is 151 Å². The second-order valence-corrected chi connectivity index (χ2v) is 15.0. The van der Waals surface area contributed by atoms with Crippen molar-refractivity contribution in [3.8, 4) is 10.4 Å². The summed E-state index contributed by atoms with van der Waals surface area (Å²) in [6, 6.07) is 8.71. The third kappa shape index (κ3) is 9.81. The Kier molecular flexibility index (Phi) is 11.1. The maximum absolute atomic E-state index is 13.6. The third-order valence-corrected chi connectivity index (χ3v) is 9.88. The predicted molar refractivity (Wildman–Crippen MR) is 172 cm³/mol. The molecule has 1 aliphatic rings. The van der Waals surface area contributed by atoms with Crippen LogP contribution < -0.4 is 20.7 Å². The minimum Gasteiger partial charge on any atom is -0.447 e. The molecule has 2 heterocycles. The van der Waals surface area contributed by atoms with Crippen LogP contribution in [0.25, 0.3) is 10.4 Å². The van der Waals surface area contributed by atoms with E-state index in [0.717, 1.165) is 41.1 Å². The summed E-state index contributed by atoms with van der Waals surface area (Å²) < 4.78 is 35.2. The van der Waals surface area contributed by atoms with Gasteiger partial charge in [-0.2, -0.15) is 0 Å². The Labute approximate surface area is 263 Å². The maximum atomic E-state index is 13.6. The third-order valence-electron chi connectivity index (χ3n) is 6.89. The summed E-state index contributed by atoms with van der Waals surface area (Å²) in [5.41, 5.74) is 1.19. The number of carbonyl (C=O) groups excluding carboxylic acids is 2. The molecule has 0 atom stereocenters. The lowest BCUT2D eigenvalue weighted by atomic mass is 9.86. The van der Waals surface area contributed by atoms with Crippen molar-refractivity contribution in [1.29, 1.82) is 0 Å². The molecule has 0 aliphatic heterocycles. The van der Waals surface area contributed by atoms with E-state index in [9.17, 15) is 18.0 Å². The van der Waals surface area contributed by atoms with E-state index in [1.807, 2.05) is 26.0 Å². The number of hydrogen-bond acceptors (Lipinski definition) is 9. The Hall–Kier alpha value is -3.39. The highest BCUT2D eigenvalue weighted by Crippen LogP contribution is 2.40. The van der Waals surface area contributed by atoms with E-state index in [2.05, 4.69) is 30.6 Å². The monoisotopic (exact) mass is 642 g/mol. The number of hydrogen-bond donors (Lipinski definition) is 4. The average molecular weight is 643 g/mol. The zero-order valence-corrected chi connectivity index (χ0v) is 27.5. The van der Waals surface area contributed by atoms with Gasteiger partial charge in [0, 0.05) is 53.9 Å². The largest absolute Gasteiger partial charge is 0.447 e. The lowest BCUT2D eigenvalue weighted by Gasteiger charge is -2.28. The van der Waals surface area contributed by atoms with Crippen molar-refractivity contribution in [3.05, 3.63) is 59.5 Å². The number of aromatic nitrogens is 2. The van der Waals surface area contributed by atoms with Crippen LogP contribution in [0, 0.1) is 0 Å². The summed E-state index contributed by atoms with van der Waals surface area (Å²) in [7, 11) is -3.95. The van der Waals surface area contributed by atoms with E-state index in [1.165, 1.54) is 17.4 Å². The predicted octanol–water partition coefficient (Wildman–Crippen LogP) is 5.17. The van der Waals surface area contributed by atoms with Gasteiger partial charge in [-0.1, -0.05) is 6.07 Å². The second kappa shape index (κ2) is 14.6. The number of ether oxygens (including phenoxy) is 1. The number of anilines is 1. The SMILES string of the molecule is CC(C)OC(=O)NC1CCC(c2ncc(-c3ccc(NC(=O)CNCc4ccncc4)cc3S(=O)(=O)NC(C)(C)C)s2)CC1. The van der Waals surface area contributed by atoms with Gasteiger partial charge in [-0.3, -0.25) is 9.78 Å². The van der Waals surface area contributed by atoms with Gasteiger partial charge in [0.1, 0.15) is 0 Å². The molecular formula is C31H42N6O5S2. The summed E-state index contributed by atoms with van der Waals surface area (Å²) in [6.45, 7) is 9.54. The van der Waals surface area contributed by atoms with Crippen LogP contribution in [0.4, 0.5) is 10.5 Å². The highest BCUT2D eigenvalue weighted by atomic mass is 32.2. The zero-order valence-electron chi connectivity index (χ0n) is 25.8. The van der Waals surface area contributed by atoms with E-state index < -0.39 is 21.7 Å². The molecule has 0 spiro atoms. The van der Waals surface area contributed by atoms with E-state index in [0.29, 0.717) is 17.8 Å². The standard InChI is InChI=1S/C31H42N6O5S2/c1-20(2)42-30(39)36-23-8-6-22(7-9-23)29-34-18-26(43-29)25-11-10-24(16-27(25)44(40,41)37-31(3,4)5)35-28(38)19-33-17-21-12-14-32-15-13-21/h10-16,18,20,22-23,33,37H,6-9,17,19H2,1-5H3,(H,35,38)(H,36,39). The van der Waals surface area contributed by atoms with Crippen LogP contribution in [0.2, 0.25) is 0 Å². The Balaban J connectivity index is 1.48. The van der Waals surface area contributed by atoms with E-state index in [-0.39, 0.29) is 35.4 Å². The van der Waals surface area contributed by atoms with Crippen molar-refractivity contribution in [2.45, 2.75) is 95.3 Å². The van der Waals surface area contributed by atoms with Crippen LogP contribution in [0.15, 0.2) is 53.8 Å². The Morgan fingerprint density at radius 3 is 2.43 bits per heavy atom. The molecule has 238 valence electrons. The fourth-order valence-electron chi connectivity index (χ4n) is 5.01. The molecule has 0 bridgehead atoms. The van der Waals surface area contributed by atoms with Crippen LogP contribution in [0.1, 0.15) is 76.8 Å². The molecule has 1 aromatic carbocycles. The Morgan fingerprint density at radius 2 is 1.77 bits per heavy atom. The second-order valence-electron chi connectivity index (χ2n) is 12.3. The van der Waals surface area contributed by atoms with Crippen LogP contribution in [-0.4, -0.2) is 54.6 Å². The van der Waals surface area contributed by atoms with Crippen molar-refractivity contribution in [3.63, 3.8) is 0 Å². The molecule has 4 N–H and O–H groups in total. The van der Waals surface area contributed by atoms with Crippen molar-refractivity contribution in [2.75, 3.05) is 11.9 Å². The lowest BCUT2D eigenvalue weighted by Crippen LogP contribution is -2.40. The molecule has 1 saturated carbocycles. The number of nitrogens with zero attached hydrogens (tertiary/aromatic N) is 2. The number of pyridine rings is 1. The molecule has 2 aromatic heterocycles. The molecule has 3 aromatic rings. The van der Waals surface area contributed by atoms with Crippen LogP contribution in [-0.2, 0) is 26.1 Å². The molecule has 2 amide bonds. The van der Waals surface area contributed by atoms with Gasteiger partial charge in [0.25, 0.3) is 0 Å². The van der Waals surface area contributed by atoms with Gasteiger partial charge in [-0.15, -0.1) is 11.3 Å². The van der Waals surface area contributed by atoms with Gasteiger partial charge in [0.05, 0.1) is 27.4 Å². The molecule has 4 rings (SSSR count). The van der Waals surface area contributed by atoms with Crippen molar-refractivity contribution >= 4 is 39.0 Å². The summed E-state index contributed by atoms with van der Waals surface area (Å²) in [4.78, 5) is 34.1. The van der Waals surface area contributed by atoms with Crippen molar-refractivity contribution in [1.82, 2.24) is 25.3 Å². The minimum absolute atomic E-state index is 0.0568. The fourth-order valence-corrected chi connectivity index (χ4v) is 7.87. The molecule has 0 saturated heterocycles. The molecule has 11 nitrogen and oxygen atoms in total.